The fraction of sp³-hybridized carbons (Fsp3) is 0.0952. The molecule has 0 bridgehead atoms. The van der Waals surface area contributed by atoms with Crippen LogP contribution in [0, 0.1) is 6.92 Å². The number of aromatic nitrogens is 4. The fourth-order valence-electron chi connectivity index (χ4n) is 2.87. The van der Waals surface area contributed by atoms with Crippen LogP contribution in [0.1, 0.15) is 21.6 Å². The number of hydrogen-bond acceptors (Lipinski definition) is 3. The maximum atomic E-state index is 12.7. The normalized spacial score (nSPS) is 10.7. The highest BCUT2D eigenvalue weighted by Gasteiger charge is 2.13. The average Bonchev–Trinajstić information content (AvgIpc) is 3.31. The molecule has 0 aliphatic heterocycles. The first-order valence-corrected chi connectivity index (χ1v) is 8.69. The molecule has 0 saturated carbocycles. The van der Waals surface area contributed by atoms with Crippen LogP contribution >= 0.6 is 0 Å². The number of carbonyl (C=O) groups is 1. The smallest absolute Gasteiger partial charge is 0.260 e. The molecule has 4 rings (SSSR count). The van der Waals surface area contributed by atoms with Crippen LogP contribution in [-0.2, 0) is 6.54 Å². The van der Waals surface area contributed by atoms with Crippen LogP contribution < -0.4 is 5.32 Å². The number of rotatable bonds is 5. The highest BCUT2D eigenvalue weighted by molar-refractivity contribution is 6.03. The lowest BCUT2D eigenvalue weighted by atomic mass is 10.2. The molecule has 0 aliphatic rings. The number of nitrogens with zero attached hydrogens (tertiary/aromatic N) is 4. The third kappa shape index (κ3) is 3.79. The number of aryl methyl sites for hydroxylation is 1. The highest BCUT2D eigenvalue weighted by Crippen LogP contribution is 2.15. The molecule has 0 fully saturated rings. The maximum absolute atomic E-state index is 12.7. The van der Waals surface area contributed by atoms with Crippen LogP contribution in [0.5, 0.6) is 0 Å². The first-order valence-electron chi connectivity index (χ1n) is 8.69. The SMILES string of the molecule is Cc1cc(NC(=O)c2cnn(-c3ccccc3)c2)n(Cc2ccccc2)n1. The summed E-state index contributed by atoms with van der Waals surface area (Å²) >= 11 is 0. The molecule has 4 aromatic rings. The Labute approximate surface area is 157 Å². The van der Waals surface area contributed by atoms with Crippen molar-refractivity contribution in [3.05, 3.63) is 95.9 Å². The van der Waals surface area contributed by atoms with Crippen molar-refractivity contribution in [2.45, 2.75) is 13.5 Å². The van der Waals surface area contributed by atoms with Gasteiger partial charge in [0.2, 0.25) is 0 Å². The molecule has 6 heteroatoms. The van der Waals surface area contributed by atoms with Gasteiger partial charge in [-0.1, -0.05) is 48.5 Å². The summed E-state index contributed by atoms with van der Waals surface area (Å²) < 4.78 is 3.48. The first kappa shape index (κ1) is 16.8. The highest BCUT2D eigenvalue weighted by atomic mass is 16.1. The minimum atomic E-state index is -0.216. The second-order valence-corrected chi connectivity index (χ2v) is 6.28. The van der Waals surface area contributed by atoms with Crippen molar-refractivity contribution in [3.63, 3.8) is 0 Å². The second kappa shape index (κ2) is 7.29. The minimum absolute atomic E-state index is 0.216. The molecule has 0 unspecified atom stereocenters. The zero-order chi connectivity index (χ0) is 18.6. The van der Waals surface area contributed by atoms with Crippen molar-refractivity contribution in [1.29, 1.82) is 0 Å². The van der Waals surface area contributed by atoms with Gasteiger partial charge in [0.05, 0.1) is 29.7 Å². The number of hydrogen-bond donors (Lipinski definition) is 1. The quantitative estimate of drug-likeness (QED) is 0.593. The summed E-state index contributed by atoms with van der Waals surface area (Å²) in [6.07, 6.45) is 3.28. The fourth-order valence-corrected chi connectivity index (χ4v) is 2.87. The number of para-hydroxylation sites is 1. The van der Waals surface area contributed by atoms with Crippen molar-refractivity contribution in [2.24, 2.45) is 0 Å². The van der Waals surface area contributed by atoms with Gasteiger partial charge in [0.15, 0.2) is 0 Å². The van der Waals surface area contributed by atoms with Gasteiger partial charge < -0.3 is 5.32 Å². The van der Waals surface area contributed by atoms with Crippen molar-refractivity contribution in [2.75, 3.05) is 5.32 Å². The summed E-state index contributed by atoms with van der Waals surface area (Å²) in [6, 6.07) is 21.6. The van der Waals surface area contributed by atoms with Crippen LogP contribution in [-0.4, -0.2) is 25.5 Å². The van der Waals surface area contributed by atoms with Crippen LogP contribution in [0.4, 0.5) is 5.82 Å². The monoisotopic (exact) mass is 357 g/mol. The summed E-state index contributed by atoms with van der Waals surface area (Å²) in [5.41, 5.74) is 3.36. The van der Waals surface area contributed by atoms with E-state index >= 15 is 0 Å². The largest absolute Gasteiger partial charge is 0.307 e. The Morgan fingerprint density at radius 1 is 1.04 bits per heavy atom. The molecule has 0 spiro atoms. The summed E-state index contributed by atoms with van der Waals surface area (Å²) in [5.74, 6) is 0.445. The van der Waals surface area contributed by atoms with Crippen LogP contribution in [0.2, 0.25) is 0 Å². The average molecular weight is 357 g/mol. The molecular weight excluding hydrogens is 338 g/mol. The van der Waals surface area contributed by atoms with E-state index < -0.39 is 0 Å². The third-order valence-electron chi connectivity index (χ3n) is 4.18. The third-order valence-corrected chi connectivity index (χ3v) is 4.18. The van der Waals surface area contributed by atoms with Crippen LogP contribution in [0.3, 0.4) is 0 Å². The van der Waals surface area contributed by atoms with Gasteiger partial charge in [0, 0.05) is 12.3 Å². The van der Waals surface area contributed by atoms with E-state index in [2.05, 4.69) is 15.5 Å². The van der Waals surface area contributed by atoms with E-state index in [-0.39, 0.29) is 5.91 Å². The van der Waals surface area contributed by atoms with Crippen molar-refractivity contribution in [1.82, 2.24) is 19.6 Å². The molecule has 1 N–H and O–H groups in total. The first-order chi connectivity index (χ1) is 13.2. The van der Waals surface area contributed by atoms with Gasteiger partial charge >= 0.3 is 0 Å². The lowest BCUT2D eigenvalue weighted by molar-refractivity contribution is 0.102. The number of nitrogens with one attached hydrogen (secondary N) is 1. The summed E-state index contributed by atoms with van der Waals surface area (Å²) in [6.45, 7) is 2.50. The molecule has 27 heavy (non-hydrogen) atoms. The molecule has 2 aromatic carbocycles. The van der Waals surface area contributed by atoms with Gasteiger partial charge in [-0.3, -0.25) is 4.79 Å². The Balaban J connectivity index is 1.53. The molecule has 0 saturated heterocycles. The predicted octanol–water partition coefficient (Wildman–Crippen LogP) is 3.68. The van der Waals surface area contributed by atoms with E-state index in [1.807, 2.05) is 73.7 Å². The Bertz CT molecular complexity index is 1050. The van der Waals surface area contributed by atoms with Crippen molar-refractivity contribution < 1.29 is 4.79 Å². The molecule has 0 atom stereocenters. The summed E-state index contributed by atoms with van der Waals surface area (Å²) in [4.78, 5) is 12.7. The maximum Gasteiger partial charge on any atom is 0.260 e. The minimum Gasteiger partial charge on any atom is -0.307 e. The van der Waals surface area contributed by atoms with Gasteiger partial charge in [-0.2, -0.15) is 10.2 Å². The Morgan fingerprint density at radius 3 is 2.48 bits per heavy atom. The lowest BCUT2D eigenvalue weighted by Crippen LogP contribution is -2.15. The molecule has 1 amide bonds. The molecule has 6 nitrogen and oxygen atoms in total. The number of anilines is 1. The second-order valence-electron chi connectivity index (χ2n) is 6.28. The molecule has 0 radical (unpaired) electrons. The molecule has 2 aromatic heterocycles. The zero-order valence-corrected chi connectivity index (χ0v) is 14.9. The molecule has 0 aliphatic carbocycles. The van der Waals surface area contributed by atoms with E-state index in [0.29, 0.717) is 17.9 Å². The molecular formula is C21H19N5O. The van der Waals surface area contributed by atoms with Gasteiger partial charge in [-0.15, -0.1) is 0 Å². The van der Waals surface area contributed by atoms with Crippen molar-refractivity contribution >= 4 is 11.7 Å². The number of amides is 1. The van der Waals surface area contributed by atoms with E-state index in [1.165, 1.54) is 0 Å². The Morgan fingerprint density at radius 2 is 1.74 bits per heavy atom. The van der Waals surface area contributed by atoms with E-state index in [4.69, 9.17) is 0 Å². The number of carbonyl (C=O) groups excluding carboxylic acids is 1. The summed E-state index contributed by atoms with van der Waals surface area (Å²) in [7, 11) is 0. The topological polar surface area (TPSA) is 64.7 Å². The van der Waals surface area contributed by atoms with Gasteiger partial charge in [-0.05, 0) is 24.6 Å². The van der Waals surface area contributed by atoms with Gasteiger partial charge in [0.1, 0.15) is 5.82 Å². The van der Waals surface area contributed by atoms with Crippen LogP contribution in [0.15, 0.2) is 79.1 Å². The van der Waals surface area contributed by atoms with Crippen molar-refractivity contribution in [3.8, 4) is 5.69 Å². The Kier molecular flexibility index (Phi) is 4.53. The summed E-state index contributed by atoms with van der Waals surface area (Å²) in [5, 5.41) is 11.7. The van der Waals surface area contributed by atoms with E-state index in [0.717, 1.165) is 16.9 Å². The van der Waals surface area contributed by atoms with Gasteiger partial charge in [0.25, 0.3) is 5.91 Å². The van der Waals surface area contributed by atoms with E-state index in [9.17, 15) is 4.79 Å². The zero-order valence-electron chi connectivity index (χ0n) is 14.9. The predicted molar refractivity (Wildman–Crippen MR) is 104 cm³/mol. The van der Waals surface area contributed by atoms with Crippen LogP contribution in [0.25, 0.3) is 5.69 Å². The number of benzene rings is 2. The molecule has 2 heterocycles. The van der Waals surface area contributed by atoms with E-state index in [1.54, 1.807) is 21.8 Å². The lowest BCUT2D eigenvalue weighted by Gasteiger charge is -2.08. The molecule has 134 valence electrons. The Hall–Kier alpha value is -3.67. The standard InChI is InChI=1S/C21H19N5O/c1-16-12-20(26(24-16)14-17-8-4-2-5-9-17)23-21(27)18-13-22-25(15-18)19-10-6-3-7-11-19/h2-13,15H,14H2,1H3,(H,23,27). The van der Waals surface area contributed by atoms with Gasteiger partial charge in [-0.25, -0.2) is 9.36 Å².